The van der Waals surface area contributed by atoms with Gasteiger partial charge in [0.2, 0.25) is 0 Å². The van der Waals surface area contributed by atoms with Crippen LogP contribution in [0.15, 0.2) is 206 Å². The maximum absolute atomic E-state index is 2.52. The third-order valence-corrected chi connectivity index (χ3v) is 13.0. The fourth-order valence-corrected chi connectivity index (χ4v) is 10.5. The molecule has 0 aliphatic rings. The minimum Gasteiger partial charge on any atom is -0.309 e. The van der Waals surface area contributed by atoms with Crippen LogP contribution in [-0.4, -0.2) is 4.57 Å². The predicted molar refractivity (Wildman–Crippen MR) is 246 cm³/mol. The molecule has 3 heteroatoms. The molecule has 0 amide bonds. The second-order valence-electron chi connectivity index (χ2n) is 14.8. The molecule has 0 N–H and O–H groups in total. The molecule has 12 aromatic rings. The molecule has 0 spiro atoms. The highest BCUT2D eigenvalue weighted by molar-refractivity contribution is 7.26. The standard InChI is InChI=1S/C54H34N2S/c1-2-17-37(18-3-1)55-48-26-11-10-23-45(48)47-34-38(29-31-50(47)55)56(51-27-13-25-46-53-40-20-7-5-15-36(40)28-33-52(53)57-54(46)51)49-32-30-43(42-21-8-9-22-44(42)49)41-24-12-16-35-14-4-6-19-39(35)41/h1-34H. The highest BCUT2D eigenvalue weighted by Crippen LogP contribution is 2.49. The first-order valence-electron chi connectivity index (χ1n) is 19.5. The number of benzene rings is 10. The van der Waals surface area contributed by atoms with Gasteiger partial charge in [-0.2, -0.15) is 0 Å². The second-order valence-corrected chi connectivity index (χ2v) is 15.9. The molecule has 2 aromatic heterocycles. The van der Waals surface area contributed by atoms with Gasteiger partial charge in [0.1, 0.15) is 0 Å². The lowest BCUT2D eigenvalue weighted by atomic mass is 9.93. The summed E-state index contributed by atoms with van der Waals surface area (Å²) in [5.74, 6) is 0. The SMILES string of the molecule is c1ccc(-n2c3ccccc3c3cc(N(c4ccc(-c5cccc6ccccc56)c5ccccc45)c4cccc5c4sc4ccc6ccccc6c45)ccc32)cc1. The summed E-state index contributed by atoms with van der Waals surface area (Å²) in [6, 6.07) is 75.7. The van der Waals surface area contributed by atoms with Gasteiger partial charge >= 0.3 is 0 Å². The molecule has 0 unspecified atom stereocenters. The summed E-state index contributed by atoms with van der Waals surface area (Å²) in [6.07, 6.45) is 0. The Bertz CT molecular complexity index is 3530. The number of rotatable bonds is 5. The minimum absolute atomic E-state index is 1.12. The summed E-state index contributed by atoms with van der Waals surface area (Å²) in [4.78, 5) is 2.52. The van der Waals surface area contributed by atoms with E-state index in [4.69, 9.17) is 0 Å². The van der Waals surface area contributed by atoms with E-state index in [2.05, 4.69) is 216 Å². The van der Waals surface area contributed by atoms with Gasteiger partial charge in [0.05, 0.1) is 27.1 Å². The van der Waals surface area contributed by atoms with Crippen LogP contribution in [-0.2, 0) is 0 Å². The number of fused-ring (bicyclic) bond motifs is 10. The van der Waals surface area contributed by atoms with Crippen molar-refractivity contribution in [3.63, 3.8) is 0 Å². The monoisotopic (exact) mass is 742 g/mol. The van der Waals surface area contributed by atoms with E-state index in [1.165, 1.54) is 91.1 Å². The molecular weight excluding hydrogens is 709 g/mol. The summed E-state index contributed by atoms with van der Waals surface area (Å²) < 4.78 is 4.97. The van der Waals surface area contributed by atoms with Crippen molar-refractivity contribution in [3.05, 3.63) is 206 Å². The second kappa shape index (κ2) is 12.7. The van der Waals surface area contributed by atoms with Gasteiger partial charge in [-0.3, -0.25) is 0 Å². The molecule has 2 nitrogen and oxygen atoms in total. The molecule has 0 saturated heterocycles. The van der Waals surface area contributed by atoms with Gasteiger partial charge in [-0.1, -0.05) is 152 Å². The zero-order valence-electron chi connectivity index (χ0n) is 30.9. The van der Waals surface area contributed by atoms with Gasteiger partial charge in [-0.15, -0.1) is 11.3 Å². The number of hydrogen-bond acceptors (Lipinski definition) is 2. The summed E-state index contributed by atoms with van der Waals surface area (Å²) in [7, 11) is 0. The lowest BCUT2D eigenvalue weighted by Gasteiger charge is -2.28. The van der Waals surface area contributed by atoms with Crippen LogP contribution in [0, 0.1) is 0 Å². The van der Waals surface area contributed by atoms with Crippen molar-refractivity contribution in [1.29, 1.82) is 0 Å². The van der Waals surface area contributed by atoms with Crippen molar-refractivity contribution in [2.24, 2.45) is 0 Å². The Labute approximate surface area is 333 Å². The minimum atomic E-state index is 1.12. The third kappa shape index (κ3) is 4.89. The highest BCUT2D eigenvalue weighted by Gasteiger charge is 2.23. The Morgan fingerprint density at radius 1 is 0.368 bits per heavy atom. The van der Waals surface area contributed by atoms with Crippen LogP contribution in [0.4, 0.5) is 17.1 Å². The maximum Gasteiger partial charge on any atom is 0.0640 e. The normalized spacial score (nSPS) is 11.9. The van der Waals surface area contributed by atoms with Crippen LogP contribution in [0.2, 0.25) is 0 Å². The molecule has 0 fully saturated rings. The van der Waals surface area contributed by atoms with E-state index in [1.54, 1.807) is 0 Å². The van der Waals surface area contributed by atoms with Crippen molar-refractivity contribution in [3.8, 4) is 16.8 Å². The van der Waals surface area contributed by atoms with E-state index in [0.29, 0.717) is 0 Å². The van der Waals surface area contributed by atoms with Crippen LogP contribution in [0.1, 0.15) is 0 Å². The van der Waals surface area contributed by atoms with Gasteiger partial charge < -0.3 is 9.47 Å². The van der Waals surface area contributed by atoms with Crippen LogP contribution < -0.4 is 4.90 Å². The number of nitrogens with zero attached hydrogens (tertiary/aromatic N) is 2. The number of thiophene rings is 1. The molecule has 0 bridgehead atoms. The average molecular weight is 743 g/mol. The summed E-state index contributed by atoms with van der Waals surface area (Å²) >= 11 is 1.89. The van der Waals surface area contributed by atoms with E-state index >= 15 is 0 Å². The van der Waals surface area contributed by atoms with Crippen LogP contribution in [0.5, 0.6) is 0 Å². The smallest absolute Gasteiger partial charge is 0.0640 e. The van der Waals surface area contributed by atoms with Gasteiger partial charge in [-0.05, 0) is 92.7 Å². The average Bonchev–Trinajstić information content (AvgIpc) is 3.83. The molecule has 0 aliphatic heterocycles. The largest absolute Gasteiger partial charge is 0.309 e. The molecule has 0 atom stereocenters. The molecule has 12 rings (SSSR count). The van der Waals surface area contributed by atoms with Crippen molar-refractivity contribution in [2.45, 2.75) is 0 Å². The lowest BCUT2D eigenvalue weighted by Crippen LogP contribution is -2.11. The Balaban J connectivity index is 1.16. The quantitative estimate of drug-likeness (QED) is 0.170. The molecule has 0 radical (unpaired) electrons. The number of aromatic nitrogens is 1. The number of hydrogen-bond donors (Lipinski definition) is 0. The molecule has 10 aromatic carbocycles. The van der Waals surface area contributed by atoms with Crippen molar-refractivity contribution < 1.29 is 0 Å². The van der Waals surface area contributed by atoms with Crippen molar-refractivity contribution in [1.82, 2.24) is 4.57 Å². The van der Waals surface area contributed by atoms with Crippen LogP contribution in [0.3, 0.4) is 0 Å². The van der Waals surface area contributed by atoms with Crippen molar-refractivity contribution >= 4 is 103 Å². The summed E-state index contributed by atoms with van der Waals surface area (Å²) in [6.45, 7) is 0. The zero-order chi connectivity index (χ0) is 37.5. The van der Waals surface area contributed by atoms with E-state index in [-0.39, 0.29) is 0 Å². The Kier molecular flexibility index (Phi) is 7.13. The highest BCUT2D eigenvalue weighted by atomic mass is 32.1. The van der Waals surface area contributed by atoms with Crippen molar-refractivity contribution in [2.75, 3.05) is 4.90 Å². The summed E-state index contributed by atoms with van der Waals surface area (Å²) in [5, 5.41) is 12.6. The van der Waals surface area contributed by atoms with E-state index < -0.39 is 0 Å². The zero-order valence-corrected chi connectivity index (χ0v) is 31.7. The fourth-order valence-electron chi connectivity index (χ4n) is 9.27. The number of anilines is 3. The number of para-hydroxylation sites is 2. The van der Waals surface area contributed by atoms with Gasteiger partial charge in [0.25, 0.3) is 0 Å². The van der Waals surface area contributed by atoms with Gasteiger partial charge in [0, 0.05) is 43.0 Å². The van der Waals surface area contributed by atoms with E-state index in [9.17, 15) is 0 Å². The topological polar surface area (TPSA) is 8.17 Å². The predicted octanol–water partition coefficient (Wildman–Crippen LogP) is 15.7. The van der Waals surface area contributed by atoms with E-state index in [0.717, 1.165) is 17.1 Å². The first-order chi connectivity index (χ1) is 28.3. The molecule has 0 saturated carbocycles. The Morgan fingerprint density at radius 2 is 1.00 bits per heavy atom. The van der Waals surface area contributed by atoms with Crippen LogP contribution >= 0.6 is 11.3 Å². The first-order valence-corrected chi connectivity index (χ1v) is 20.3. The van der Waals surface area contributed by atoms with Gasteiger partial charge in [0.15, 0.2) is 0 Å². The molecule has 2 heterocycles. The van der Waals surface area contributed by atoms with E-state index in [1.807, 2.05) is 11.3 Å². The molecule has 266 valence electrons. The first kappa shape index (κ1) is 32.1. The molecule has 57 heavy (non-hydrogen) atoms. The third-order valence-electron chi connectivity index (χ3n) is 11.8. The lowest BCUT2D eigenvalue weighted by molar-refractivity contribution is 1.18. The molecule has 0 aliphatic carbocycles. The fraction of sp³-hybridized carbons (Fsp3) is 0. The molecular formula is C54H34N2S. The Hall–Kier alpha value is -7.20. The van der Waals surface area contributed by atoms with Crippen LogP contribution in [0.25, 0.3) is 91.1 Å². The summed E-state index contributed by atoms with van der Waals surface area (Å²) in [5.41, 5.74) is 9.47. The Morgan fingerprint density at radius 3 is 1.86 bits per heavy atom. The maximum atomic E-state index is 2.52. The van der Waals surface area contributed by atoms with Gasteiger partial charge in [-0.25, -0.2) is 0 Å².